The molecular formula is C84H85N4OPt-3. The van der Waals surface area contributed by atoms with Crippen molar-refractivity contribution < 1.29 is 42.3 Å². The number of rotatable bonds is 9. The number of hydrogen-bond donors (Lipinski definition) is 0. The van der Waals surface area contributed by atoms with Gasteiger partial charge in [0.1, 0.15) is 5.82 Å². The van der Waals surface area contributed by atoms with Gasteiger partial charge in [0, 0.05) is 78.0 Å². The molecule has 0 N–H and O–H groups in total. The maximum absolute atomic E-state index is 10.5. The standard InChI is InChI=1S/C84H85N4O.Pt/c1-79(2,3)58-38-40-63(70(48-58)81(7,8)9)55-33-35-56(36-34-55)66-46-59(80(4,5)6)47-67(57-37-42-69-72(45-57)84(15,16)44-43-83(69,13)14)78(66)87-53-86(74-31-22-23-32-75(74)87)60-27-24-28-61(49-60)89-62-39-41-65-64-29-20-21-30-73(64)88(76(65)50-62)77-51-71(82(10,11)12)68(52-85-77)54-25-18-17-19-26-54;/h17-42,45-48,51-53H,43-44H2,1-16H3;/q-3;/i17D,18D,19D,20D,21D,25D,26D,29D,30D,37D,42D,45D;. The van der Waals surface area contributed by atoms with E-state index < -0.39 is 51.9 Å². The van der Waals surface area contributed by atoms with Gasteiger partial charge in [-0.05, 0) is 148 Å². The van der Waals surface area contributed by atoms with Gasteiger partial charge in [0.15, 0.2) is 0 Å². The van der Waals surface area contributed by atoms with Crippen LogP contribution in [0.15, 0.2) is 194 Å². The number of pyridine rings is 1. The van der Waals surface area contributed by atoms with Crippen LogP contribution in [0.3, 0.4) is 0 Å². The molecule has 1 aliphatic heterocycles. The van der Waals surface area contributed by atoms with E-state index in [2.05, 4.69) is 168 Å². The number of nitrogens with zero attached hydrogens (tertiary/aromatic N) is 4. The number of para-hydroxylation sites is 3. The minimum atomic E-state index is -0.706. The van der Waals surface area contributed by atoms with Crippen LogP contribution in [0.4, 0.5) is 22.7 Å². The fourth-order valence-corrected chi connectivity index (χ4v) is 12.8. The van der Waals surface area contributed by atoms with Crippen LogP contribution in [0.25, 0.3) is 72.1 Å². The molecule has 0 saturated heterocycles. The van der Waals surface area contributed by atoms with Gasteiger partial charge < -0.3 is 19.1 Å². The Morgan fingerprint density at radius 1 is 0.500 bits per heavy atom. The molecule has 13 rings (SSSR count). The summed E-state index contributed by atoms with van der Waals surface area (Å²) < 4.78 is 119. The minimum absolute atomic E-state index is 0. The van der Waals surface area contributed by atoms with Gasteiger partial charge >= 0.3 is 0 Å². The van der Waals surface area contributed by atoms with Crippen LogP contribution in [-0.2, 0) is 53.6 Å². The number of ether oxygens (including phenoxy) is 1. The molecule has 0 amide bonds. The quantitative estimate of drug-likeness (QED) is 0.135. The Balaban J connectivity index is 0.00000982. The second-order valence-electron chi connectivity index (χ2n) is 29.6. The summed E-state index contributed by atoms with van der Waals surface area (Å²) in [7, 11) is 0. The SMILES string of the molecule is [2H]c1c([2H])c([2H])c(-c2cnc(-n3c4[c-]c(Oc5[c-]c(N6[CH-]N(c7c(-c8ccc(-c9ccc(C(C)(C)C)cc9C(C)(C)C)cc8)cc(C(C)(C)C)cc7-c7c([2H])c([2H])c8c(c7[2H])C(C)(C)CCC8(C)C)c7ccccc76)ccc5)ccc4c4c([2H])c([2H])c([2H])c([2H])c43)cc2C(C)(C)C)c([2H])c1[2H].[Pt]. The van der Waals surface area contributed by atoms with Gasteiger partial charge in [0.2, 0.25) is 0 Å². The Morgan fingerprint density at radius 3 is 1.77 bits per heavy atom. The molecule has 3 heterocycles. The van der Waals surface area contributed by atoms with Crippen LogP contribution < -0.4 is 14.5 Å². The molecule has 9 aromatic carbocycles. The largest absolute Gasteiger partial charge is 0.509 e. The molecule has 11 aromatic rings. The third kappa shape index (κ3) is 11.4. The van der Waals surface area contributed by atoms with Gasteiger partial charge in [0.05, 0.1) is 16.4 Å². The zero-order valence-corrected chi connectivity index (χ0v) is 56.8. The Labute approximate surface area is 567 Å². The zero-order chi connectivity index (χ0) is 73.2. The summed E-state index contributed by atoms with van der Waals surface area (Å²) in [6, 6.07) is 42.6. The summed E-state index contributed by atoms with van der Waals surface area (Å²) in [6.45, 7) is 36.5. The molecule has 0 bridgehead atoms. The summed E-state index contributed by atoms with van der Waals surface area (Å²) in [5.41, 5.74) is 12.3. The Bertz CT molecular complexity index is 5250. The van der Waals surface area contributed by atoms with E-state index in [4.69, 9.17) is 19.3 Å². The average molecular weight is 1370 g/mol. The van der Waals surface area contributed by atoms with Gasteiger partial charge in [-0.25, -0.2) is 4.98 Å². The third-order valence-corrected chi connectivity index (χ3v) is 18.1. The van der Waals surface area contributed by atoms with Crippen LogP contribution in [0.2, 0.25) is 0 Å². The van der Waals surface area contributed by atoms with E-state index in [1.807, 2.05) is 62.7 Å². The van der Waals surface area contributed by atoms with Gasteiger partial charge in [-0.1, -0.05) is 237 Å². The molecule has 2 aliphatic rings. The molecule has 0 unspecified atom stereocenters. The smallest absolute Gasteiger partial charge is 0.135 e. The van der Waals surface area contributed by atoms with Crippen LogP contribution >= 0.6 is 0 Å². The summed E-state index contributed by atoms with van der Waals surface area (Å²) in [5.74, 6) is 0.767. The monoisotopic (exact) mass is 1370 g/mol. The van der Waals surface area contributed by atoms with E-state index in [0.717, 1.165) is 68.8 Å². The Kier molecular flexibility index (Phi) is 12.3. The van der Waals surface area contributed by atoms with Crippen molar-refractivity contribution in [1.29, 1.82) is 0 Å². The van der Waals surface area contributed by atoms with Crippen molar-refractivity contribution in [2.24, 2.45) is 0 Å². The summed E-state index contributed by atoms with van der Waals surface area (Å²) in [4.78, 5) is 9.08. The molecule has 1 aliphatic carbocycles. The van der Waals surface area contributed by atoms with E-state index in [1.165, 1.54) is 17.3 Å². The number of benzene rings is 9. The molecule has 0 saturated carbocycles. The fourth-order valence-electron chi connectivity index (χ4n) is 12.8. The summed E-state index contributed by atoms with van der Waals surface area (Å²) >= 11 is 0. The van der Waals surface area contributed by atoms with Gasteiger partial charge in [0.25, 0.3) is 0 Å². The van der Waals surface area contributed by atoms with Gasteiger partial charge in [-0.15, -0.1) is 48.1 Å². The van der Waals surface area contributed by atoms with E-state index in [0.29, 0.717) is 44.6 Å². The zero-order valence-electron chi connectivity index (χ0n) is 66.6. The number of anilines is 4. The number of hydrogen-bond acceptors (Lipinski definition) is 4. The second-order valence-corrected chi connectivity index (χ2v) is 29.6. The molecule has 0 spiro atoms. The van der Waals surface area contributed by atoms with Crippen molar-refractivity contribution in [3.05, 3.63) is 246 Å². The summed E-state index contributed by atoms with van der Waals surface area (Å²) in [6.07, 6.45) is 3.11. The third-order valence-electron chi connectivity index (χ3n) is 18.1. The Hall–Kier alpha value is -7.98. The van der Waals surface area contributed by atoms with Crippen LogP contribution in [0.5, 0.6) is 11.5 Å². The topological polar surface area (TPSA) is 33.5 Å². The van der Waals surface area contributed by atoms with Crippen LogP contribution in [0.1, 0.15) is 173 Å². The predicted octanol–water partition coefficient (Wildman–Crippen LogP) is 23.2. The first-order valence-electron chi connectivity index (χ1n) is 37.0. The molecule has 0 radical (unpaired) electrons. The molecule has 90 heavy (non-hydrogen) atoms. The minimum Gasteiger partial charge on any atom is -0.509 e. The van der Waals surface area contributed by atoms with Crippen LogP contribution in [-0.4, -0.2) is 9.55 Å². The van der Waals surface area contributed by atoms with Crippen LogP contribution in [0, 0.1) is 18.8 Å². The van der Waals surface area contributed by atoms with Crippen molar-refractivity contribution >= 4 is 44.6 Å². The molecule has 5 nitrogen and oxygen atoms in total. The maximum Gasteiger partial charge on any atom is 0.135 e. The van der Waals surface area contributed by atoms with Crippen molar-refractivity contribution in [3.63, 3.8) is 0 Å². The number of fused-ring (bicyclic) bond motifs is 5. The van der Waals surface area contributed by atoms with E-state index >= 15 is 0 Å². The normalized spacial score (nSPS) is 16.7. The molecule has 2 aromatic heterocycles. The second kappa shape index (κ2) is 22.7. The van der Waals surface area contributed by atoms with Gasteiger partial charge in [-0.3, -0.25) is 0 Å². The van der Waals surface area contributed by atoms with E-state index in [1.54, 1.807) is 28.8 Å². The first-order valence-corrected chi connectivity index (χ1v) is 31.0. The van der Waals surface area contributed by atoms with E-state index in [-0.39, 0.29) is 102 Å². The molecule has 6 heteroatoms. The molecule has 460 valence electrons. The van der Waals surface area contributed by atoms with Crippen molar-refractivity contribution in [2.75, 3.05) is 9.80 Å². The molecule has 0 atom stereocenters. The first-order chi connectivity index (χ1) is 47.1. The molecular weight excluding hydrogens is 1280 g/mol. The van der Waals surface area contributed by atoms with Crippen molar-refractivity contribution in [3.8, 4) is 61.8 Å². The number of aromatic nitrogens is 2. The Morgan fingerprint density at radius 2 is 1.10 bits per heavy atom. The fraction of sp³-hybridized carbons (Fsp3) is 0.286. The average Bonchev–Trinajstić information content (AvgIpc) is 1.13. The summed E-state index contributed by atoms with van der Waals surface area (Å²) in [5, 5.41) is 0.673. The van der Waals surface area contributed by atoms with Gasteiger partial charge in [-0.2, -0.15) is 12.1 Å². The van der Waals surface area contributed by atoms with Crippen molar-refractivity contribution in [2.45, 2.75) is 156 Å². The van der Waals surface area contributed by atoms with E-state index in [9.17, 15) is 6.85 Å². The molecule has 0 fully saturated rings. The predicted molar refractivity (Wildman–Crippen MR) is 376 cm³/mol. The van der Waals surface area contributed by atoms with Crippen molar-refractivity contribution in [1.82, 2.24) is 9.55 Å². The maximum atomic E-state index is 10.5. The first kappa shape index (κ1) is 48.8.